The van der Waals surface area contributed by atoms with Crippen molar-refractivity contribution in [2.75, 3.05) is 13.1 Å². The van der Waals surface area contributed by atoms with Gasteiger partial charge in [-0.15, -0.1) is 0 Å². The van der Waals surface area contributed by atoms with Gasteiger partial charge in [0.1, 0.15) is 0 Å². The van der Waals surface area contributed by atoms with Crippen LogP contribution in [-0.4, -0.2) is 41.1 Å². The molecule has 0 aromatic carbocycles. The summed E-state index contributed by atoms with van der Waals surface area (Å²) in [6.07, 6.45) is 6.42. The number of carboxylic acids is 1. The number of hydrogen-bond acceptors (Lipinski definition) is 2. The molecule has 0 aromatic heterocycles. The van der Waals surface area contributed by atoms with Crippen molar-refractivity contribution in [3.63, 3.8) is 0 Å². The number of rotatable bonds is 2. The van der Waals surface area contributed by atoms with Crippen LogP contribution in [0.1, 0.15) is 19.3 Å². The summed E-state index contributed by atoms with van der Waals surface area (Å²) in [5.41, 5.74) is 0. The molecule has 0 radical (unpaired) electrons. The molecule has 1 aliphatic heterocycles. The van der Waals surface area contributed by atoms with Gasteiger partial charge in [-0.3, -0.25) is 4.79 Å². The lowest BCUT2D eigenvalue weighted by molar-refractivity contribution is -0.141. The maximum absolute atomic E-state index is 11.8. The van der Waals surface area contributed by atoms with Crippen LogP contribution in [0.25, 0.3) is 0 Å². The fourth-order valence-electron chi connectivity index (χ4n) is 2.15. The zero-order valence-corrected chi connectivity index (χ0v) is 9.06. The lowest BCUT2D eigenvalue weighted by Crippen LogP contribution is -2.43. The van der Waals surface area contributed by atoms with Gasteiger partial charge in [-0.05, 0) is 19.3 Å². The molecule has 5 heteroatoms. The number of aliphatic carboxylic acids is 1. The third kappa shape index (κ3) is 2.35. The van der Waals surface area contributed by atoms with E-state index in [-0.39, 0.29) is 12.1 Å². The number of hydrogen-bond donors (Lipinski definition) is 2. The van der Waals surface area contributed by atoms with Crippen molar-refractivity contribution in [2.45, 2.75) is 25.3 Å². The maximum atomic E-state index is 11.8. The van der Waals surface area contributed by atoms with Gasteiger partial charge < -0.3 is 15.3 Å². The number of likely N-dealkylation sites (tertiary alicyclic amines) is 1. The highest BCUT2D eigenvalue weighted by molar-refractivity contribution is 5.77. The molecule has 1 aliphatic carbocycles. The number of urea groups is 1. The molecule has 0 aromatic rings. The summed E-state index contributed by atoms with van der Waals surface area (Å²) in [7, 11) is 0. The fourth-order valence-corrected chi connectivity index (χ4v) is 2.15. The van der Waals surface area contributed by atoms with Gasteiger partial charge >= 0.3 is 12.0 Å². The topological polar surface area (TPSA) is 69.6 Å². The molecule has 1 saturated heterocycles. The molecule has 1 heterocycles. The first kappa shape index (κ1) is 11.0. The Hall–Kier alpha value is -1.52. The highest BCUT2D eigenvalue weighted by atomic mass is 16.4. The van der Waals surface area contributed by atoms with Gasteiger partial charge in [0.2, 0.25) is 0 Å². The molecule has 0 saturated carbocycles. The van der Waals surface area contributed by atoms with Crippen LogP contribution in [0.5, 0.6) is 0 Å². The van der Waals surface area contributed by atoms with Gasteiger partial charge in [0.25, 0.3) is 0 Å². The molecular weight excluding hydrogens is 208 g/mol. The van der Waals surface area contributed by atoms with Gasteiger partial charge in [-0.2, -0.15) is 0 Å². The quantitative estimate of drug-likeness (QED) is 0.682. The summed E-state index contributed by atoms with van der Waals surface area (Å²) < 4.78 is 0. The third-order valence-electron chi connectivity index (χ3n) is 3.16. The van der Waals surface area contributed by atoms with Gasteiger partial charge in [0.15, 0.2) is 0 Å². The Morgan fingerprint density at radius 2 is 2.00 bits per heavy atom. The highest BCUT2D eigenvalue weighted by Crippen LogP contribution is 2.17. The predicted octanol–water partition coefficient (Wildman–Crippen LogP) is 0.821. The van der Waals surface area contributed by atoms with Gasteiger partial charge in [0.05, 0.1) is 5.92 Å². The van der Waals surface area contributed by atoms with Gasteiger partial charge in [0, 0.05) is 19.1 Å². The second-order valence-electron chi connectivity index (χ2n) is 4.36. The van der Waals surface area contributed by atoms with Gasteiger partial charge in [-0.1, -0.05) is 12.2 Å². The number of amides is 2. The first-order valence-corrected chi connectivity index (χ1v) is 5.60. The molecule has 88 valence electrons. The van der Waals surface area contributed by atoms with Crippen molar-refractivity contribution in [3.8, 4) is 0 Å². The molecule has 0 bridgehead atoms. The number of nitrogens with zero attached hydrogens (tertiary/aromatic N) is 1. The molecule has 2 rings (SSSR count). The van der Waals surface area contributed by atoms with Crippen molar-refractivity contribution in [2.24, 2.45) is 5.92 Å². The summed E-state index contributed by atoms with van der Waals surface area (Å²) in [5.74, 6) is -1.20. The van der Waals surface area contributed by atoms with E-state index in [1.807, 2.05) is 0 Å². The van der Waals surface area contributed by atoms with Crippen LogP contribution in [-0.2, 0) is 4.79 Å². The largest absolute Gasteiger partial charge is 0.481 e. The lowest BCUT2D eigenvalue weighted by atomic mass is 10.1. The summed E-state index contributed by atoms with van der Waals surface area (Å²) in [6, 6.07) is 0.0637. The third-order valence-corrected chi connectivity index (χ3v) is 3.16. The minimum absolute atomic E-state index is 0.127. The molecule has 1 unspecified atom stereocenters. The van der Waals surface area contributed by atoms with Crippen LogP contribution in [0.4, 0.5) is 4.79 Å². The van der Waals surface area contributed by atoms with E-state index in [0.717, 1.165) is 12.8 Å². The minimum atomic E-state index is -0.808. The van der Waals surface area contributed by atoms with E-state index < -0.39 is 11.9 Å². The van der Waals surface area contributed by atoms with Crippen LogP contribution in [0, 0.1) is 5.92 Å². The molecular formula is C11H16N2O3. The second-order valence-corrected chi connectivity index (χ2v) is 4.36. The number of carbonyl (C=O) groups is 2. The van der Waals surface area contributed by atoms with Crippen molar-refractivity contribution < 1.29 is 14.7 Å². The molecule has 0 spiro atoms. The highest BCUT2D eigenvalue weighted by Gasteiger charge is 2.31. The zero-order chi connectivity index (χ0) is 11.5. The molecule has 5 nitrogen and oxygen atoms in total. The standard InChI is InChI=1S/C11H16N2O3/c14-10(15)8-5-6-13(7-8)11(16)12-9-3-1-2-4-9/h1-2,8-9H,3-7H2,(H,12,16)(H,14,15). The smallest absolute Gasteiger partial charge is 0.317 e. The molecule has 2 amide bonds. The van der Waals surface area contributed by atoms with Crippen LogP contribution >= 0.6 is 0 Å². The number of carboxylic acid groups (broad SMARTS) is 1. The predicted molar refractivity (Wildman–Crippen MR) is 58.0 cm³/mol. The van der Waals surface area contributed by atoms with Crippen LogP contribution in [0.3, 0.4) is 0 Å². The first-order valence-electron chi connectivity index (χ1n) is 5.60. The molecule has 2 aliphatic rings. The Labute approximate surface area is 94.1 Å². The van der Waals surface area contributed by atoms with Gasteiger partial charge in [-0.25, -0.2) is 4.79 Å². The average molecular weight is 224 g/mol. The fraction of sp³-hybridized carbons (Fsp3) is 0.636. The normalized spacial score (nSPS) is 25.0. The molecule has 2 N–H and O–H groups in total. The summed E-state index contributed by atoms with van der Waals surface area (Å²) in [4.78, 5) is 24.1. The van der Waals surface area contributed by atoms with E-state index in [4.69, 9.17) is 5.11 Å². The first-order chi connectivity index (χ1) is 7.66. The number of carbonyl (C=O) groups excluding carboxylic acids is 1. The second kappa shape index (κ2) is 4.55. The average Bonchev–Trinajstić information content (AvgIpc) is 2.86. The van der Waals surface area contributed by atoms with Crippen LogP contribution in [0.2, 0.25) is 0 Å². The zero-order valence-electron chi connectivity index (χ0n) is 9.06. The van der Waals surface area contributed by atoms with E-state index in [1.54, 1.807) is 4.90 Å². The Kier molecular flexibility index (Phi) is 3.12. The summed E-state index contributed by atoms with van der Waals surface area (Å²) in [5, 5.41) is 11.7. The monoisotopic (exact) mass is 224 g/mol. The van der Waals surface area contributed by atoms with Crippen LogP contribution in [0.15, 0.2) is 12.2 Å². The Bertz CT molecular complexity index is 319. The maximum Gasteiger partial charge on any atom is 0.317 e. The van der Waals surface area contributed by atoms with E-state index in [1.165, 1.54) is 0 Å². The van der Waals surface area contributed by atoms with Crippen molar-refractivity contribution in [1.29, 1.82) is 0 Å². The van der Waals surface area contributed by atoms with Crippen molar-refractivity contribution >= 4 is 12.0 Å². The van der Waals surface area contributed by atoms with E-state index in [0.29, 0.717) is 19.5 Å². The molecule has 16 heavy (non-hydrogen) atoms. The van der Waals surface area contributed by atoms with Crippen molar-refractivity contribution in [1.82, 2.24) is 10.2 Å². The van der Waals surface area contributed by atoms with E-state index in [9.17, 15) is 9.59 Å². The number of nitrogens with one attached hydrogen (secondary N) is 1. The summed E-state index contributed by atoms with van der Waals surface area (Å²) >= 11 is 0. The van der Waals surface area contributed by atoms with E-state index >= 15 is 0 Å². The Morgan fingerprint density at radius 3 is 2.56 bits per heavy atom. The molecule has 1 atom stereocenters. The van der Waals surface area contributed by atoms with Crippen LogP contribution < -0.4 is 5.32 Å². The Morgan fingerprint density at radius 1 is 1.31 bits per heavy atom. The van der Waals surface area contributed by atoms with E-state index in [2.05, 4.69) is 17.5 Å². The minimum Gasteiger partial charge on any atom is -0.481 e. The van der Waals surface area contributed by atoms with Crippen molar-refractivity contribution in [3.05, 3.63) is 12.2 Å². The lowest BCUT2D eigenvalue weighted by Gasteiger charge is -2.20. The SMILES string of the molecule is O=C(O)C1CCN(C(=O)NC2CC=CC2)C1. The Balaban J connectivity index is 1.80. The molecule has 1 fully saturated rings. The summed E-state index contributed by atoms with van der Waals surface area (Å²) in [6.45, 7) is 0.879.